The lowest BCUT2D eigenvalue weighted by Crippen LogP contribution is -2.50. The number of rotatable bonds is 23. The molecule has 0 saturated carbocycles. The van der Waals surface area contributed by atoms with E-state index in [1.54, 1.807) is 0 Å². The first-order valence-electron chi connectivity index (χ1n) is 15.7. The average molecular weight is 705 g/mol. The van der Waals surface area contributed by atoms with Gasteiger partial charge in [0.1, 0.15) is 23.9 Å². The van der Waals surface area contributed by atoms with E-state index in [9.17, 15) is 28.8 Å². The first kappa shape index (κ1) is 43.6. The maximum absolute atomic E-state index is 13.1. The van der Waals surface area contributed by atoms with Gasteiger partial charge < -0.3 is 47.1 Å². The van der Waals surface area contributed by atoms with Gasteiger partial charge in [0.25, 0.3) is 0 Å². The quantitative estimate of drug-likeness (QED) is 0.0189. The third kappa shape index (κ3) is 22.0. The number of nitrogens with zero attached hydrogens (tertiary/aromatic N) is 1. The second kappa shape index (κ2) is 25.7. The van der Waals surface area contributed by atoms with Gasteiger partial charge in [0.05, 0.1) is 16.0 Å². The molecule has 0 saturated heterocycles. The number of allylic oxidation sites excluding steroid dienone is 2. The highest BCUT2D eigenvalue weighted by Gasteiger charge is 2.26. The zero-order valence-electron chi connectivity index (χ0n) is 27.9. The van der Waals surface area contributed by atoms with Gasteiger partial charge in [-0.3, -0.25) is 29.0 Å². The lowest BCUT2D eigenvalue weighted by molar-refractivity contribution is -0.144. The molecule has 0 heterocycles. The van der Waals surface area contributed by atoms with Gasteiger partial charge in [-0.15, -0.1) is 0 Å². The van der Waals surface area contributed by atoms with Crippen LogP contribution < -0.4 is 37.8 Å². The Balaban J connectivity index is 5.27. The van der Waals surface area contributed by atoms with Gasteiger partial charge in [-0.2, -0.15) is 0 Å². The van der Waals surface area contributed by atoms with Crippen LogP contribution in [0.4, 0.5) is 0 Å². The monoisotopic (exact) mass is 704 g/mol. The van der Waals surface area contributed by atoms with E-state index in [1.807, 2.05) is 36.3 Å². The zero-order chi connectivity index (χ0) is 35.8. The van der Waals surface area contributed by atoms with E-state index in [0.29, 0.717) is 63.3 Å². The molecular formula is C29H54N8O8P2. The van der Waals surface area contributed by atoms with Crippen molar-refractivity contribution >= 4 is 60.4 Å². The van der Waals surface area contributed by atoms with E-state index in [1.165, 1.54) is 6.92 Å². The van der Waals surface area contributed by atoms with Crippen molar-refractivity contribution < 1.29 is 38.0 Å². The van der Waals surface area contributed by atoms with Crippen molar-refractivity contribution in [3.05, 3.63) is 11.8 Å². The van der Waals surface area contributed by atoms with Crippen LogP contribution in [0.1, 0.15) is 85.5 Å². The molecule has 16 nitrogen and oxygen atoms in total. The molecule has 0 aromatic carbocycles. The number of carbonyl (C=O) groups is 6. The third-order valence-electron chi connectivity index (χ3n) is 6.56. The van der Waals surface area contributed by atoms with Crippen LogP contribution in [0.5, 0.6) is 0 Å². The van der Waals surface area contributed by atoms with Crippen molar-refractivity contribution in [2.24, 2.45) is 22.4 Å². The molecule has 0 bridgehead atoms. The summed E-state index contributed by atoms with van der Waals surface area (Å²) in [6, 6.07) is -2.84. The molecule has 0 aliphatic heterocycles. The topological polar surface area (TPSA) is 245 Å². The largest absolute Gasteiger partial charge is 0.450 e. The Hall–Kier alpha value is -3.35. The highest BCUT2D eigenvalue weighted by atomic mass is 31.0. The van der Waals surface area contributed by atoms with Gasteiger partial charge in [0, 0.05) is 32.9 Å². The molecule has 18 heteroatoms. The van der Waals surface area contributed by atoms with Crippen LogP contribution in [-0.2, 0) is 38.0 Å². The molecular weight excluding hydrogens is 650 g/mol. The van der Waals surface area contributed by atoms with Crippen molar-refractivity contribution in [2.45, 2.75) is 104 Å². The van der Waals surface area contributed by atoms with Crippen molar-refractivity contribution in [2.75, 3.05) is 19.6 Å². The van der Waals surface area contributed by atoms with Crippen LogP contribution >= 0.6 is 18.9 Å². The number of nitrogens with one attached hydrogen (secondary N) is 5. The van der Waals surface area contributed by atoms with Crippen LogP contribution in [0.2, 0.25) is 0 Å². The summed E-state index contributed by atoms with van der Waals surface area (Å²) in [5, 5.41) is 12.9. The predicted octanol–water partition coefficient (Wildman–Crippen LogP) is 0.177. The van der Waals surface area contributed by atoms with E-state index < -0.39 is 54.3 Å². The standard InChI is InChI=1S/C29H54N8O8P2/c1-5-20(12-11-18(2)3)44-28(43)23(13-14-24(39)32-15-7-6-9-21(30)27(42)45-47)36-25(40)17-34-26(41)22(35-19(4)38)10-8-16-33-29(31)37-46/h12,18,21-23H,5-11,13-17,30,46-47H2,1-4H3,(H,32,39)(H,34,41)(H,35,38)(H,36,40)(H3,31,33,37)/b20-12+/t21?,22-,23?/m0/s1. The Bertz CT molecular complexity index is 1090. The molecule has 0 aromatic heterocycles. The molecule has 268 valence electrons. The molecule has 0 spiro atoms. The maximum atomic E-state index is 13.1. The molecule has 0 aromatic rings. The highest BCUT2D eigenvalue weighted by molar-refractivity contribution is 7.15. The van der Waals surface area contributed by atoms with Gasteiger partial charge in [-0.05, 0) is 66.3 Å². The number of carbonyl (C=O) groups excluding carboxylic acids is 6. The summed E-state index contributed by atoms with van der Waals surface area (Å²) in [6.07, 6.45) is 5.03. The van der Waals surface area contributed by atoms with Gasteiger partial charge in [-0.25, -0.2) is 4.79 Å². The normalized spacial score (nSPS) is 13.5. The summed E-state index contributed by atoms with van der Waals surface area (Å²) in [7, 11) is 4.07. The maximum Gasteiger partial charge on any atom is 0.333 e. The van der Waals surface area contributed by atoms with Crippen molar-refractivity contribution in [3.63, 3.8) is 0 Å². The fourth-order valence-corrected chi connectivity index (χ4v) is 4.22. The van der Waals surface area contributed by atoms with E-state index in [0.717, 1.165) is 0 Å². The highest BCUT2D eigenvalue weighted by Crippen LogP contribution is 2.12. The summed E-state index contributed by atoms with van der Waals surface area (Å²) in [5.41, 5.74) is 11.3. The number of guanidine groups is 1. The van der Waals surface area contributed by atoms with E-state index >= 15 is 0 Å². The van der Waals surface area contributed by atoms with E-state index in [4.69, 9.17) is 16.2 Å². The van der Waals surface area contributed by atoms with Crippen LogP contribution in [0.25, 0.3) is 0 Å². The van der Waals surface area contributed by atoms with Gasteiger partial charge in [0.15, 0.2) is 5.96 Å². The first-order chi connectivity index (χ1) is 22.2. The zero-order valence-corrected chi connectivity index (χ0v) is 30.2. The summed E-state index contributed by atoms with van der Waals surface area (Å²) < 4.78 is 10.1. The number of amides is 4. The minimum atomic E-state index is -1.17. The number of ether oxygens (including phenoxy) is 1. The average Bonchev–Trinajstić information content (AvgIpc) is 3.03. The molecule has 47 heavy (non-hydrogen) atoms. The number of esters is 1. The molecule has 0 aliphatic carbocycles. The number of unbranched alkanes of at least 4 members (excludes halogenated alkanes) is 1. The van der Waals surface area contributed by atoms with E-state index in [-0.39, 0.29) is 31.1 Å². The lowest BCUT2D eigenvalue weighted by atomic mass is 10.1. The van der Waals surface area contributed by atoms with Crippen LogP contribution in [0, 0.1) is 5.92 Å². The molecule has 0 aliphatic rings. The number of hydrogen-bond acceptors (Lipinski definition) is 10. The number of hydrogen-bond donors (Lipinski definition) is 7. The van der Waals surface area contributed by atoms with Crippen LogP contribution in [-0.4, -0.2) is 79.3 Å². The smallest absolute Gasteiger partial charge is 0.333 e. The minimum Gasteiger partial charge on any atom is -0.450 e. The SMILES string of the molecule is CC/C(=C\CC(C)C)OC(=O)C(CCC(=O)NCCCCC(N)C(=O)OP)NC(=O)CNC(=O)[C@H](CCCN=C(N)NP)NC(C)=O. The first-order valence-corrected chi connectivity index (χ1v) is 16.7. The molecule has 9 N–H and O–H groups in total. The Kier molecular flexibility index (Phi) is 23.9. The molecule has 0 radical (unpaired) electrons. The number of nitrogens with two attached hydrogens (primary N) is 2. The summed E-state index contributed by atoms with van der Waals surface area (Å²) >= 11 is 0. The van der Waals surface area contributed by atoms with Crippen molar-refractivity contribution in [1.29, 1.82) is 0 Å². The van der Waals surface area contributed by atoms with Gasteiger partial charge >= 0.3 is 11.9 Å². The second-order valence-corrected chi connectivity index (χ2v) is 11.7. The fraction of sp³-hybridized carbons (Fsp3) is 0.690. The Morgan fingerprint density at radius 2 is 1.62 bits per heavy atom. The summed E-state index contributed by atoms with van der Waals surface area (Å²) in [5.74, 6) is -2.32. The number of aliphatic imine (C=N–C) groups is 1. The lowest BCUT2D eigenvalue weighted by Gasteiger charge is -2.20. The van der Waals surface area contributed by atoms with Gasteiger partial charge in [0.2, 0.25) is 23.6 Å². The minimum absolute atomic E-state index is 0.0559. The van der Waals surface area contributed by atoms with Crippen LogP contribution in [0.3, 0.4) is 0 Å². The fourth-order valence-electron chi connectivity index (χ4n) is 3.95. The molecule has 0 rings (SSSR count). The Labute approximate surface area is 282 Å². The predicted molar refractivity (Wildman–Crippen MR) is 185 cm³/mol. The summed E-state index contributed by atoms with van der Waals surface area (Å²) in [6.45, 7) is 7.31. The third-order valence-corrected chi connectivity index (χ3v) is 7.09. The van der Waals surface area contributed by atoms with Crippen LogP contribution in [0.15, 0.2) is 16.8 Å². The van der Waals surface area contributed by atoms with Crippen molar-refractivity contribution in [3.8, 4) is 0 Å². The molecule has 5 atom stereocenters. The van der Waals surface area contributed by atoms with Gasteiger partial charge in [-0.1, -0.05) is 20.8 Å². The second-order valence-electron chi connectivity index (χ2n) is 11.1. The molecule has 0 fully saturated rings. The summed E-state index contributed by atoms with van der Waals surface area (Å²) in [4.78, 5) is 78.3. The Morgan fingerprint density at radius 1 is 0.915 bits per heavy atom. The Morgan fingerprint density at radius 3 is 2.21 bits per heavy atom. The molecule has 4 unspecified atom stereocenters. The van der Waals surface area contributed by atoms with E-state index in [2.05, 4.69) is 45.3 Å². The molecule has 4 amide bonds. The van der Waals surface area contributed by atoms with Crippen molar-refractivity contribution in [1.82, 2.24) is 26.4 Å².